The highest BCUT2D eigenvalue weighted by Gasteiger charge is 2.15. The molecular formula is C15H22N2O3. The van der Waals surface area contributed by atoms with Gasteiger partial charge < -0.3 is 20.1 Å². The molecule has 0 saturated carbocycles. The number of hydrogen-bond acceptors (Lipinski definition) is 4. The standard InChI is InChI=1S/C15H22N2O3/c1-19-14-7-3-2-6-13(14)16-9-8-15(18)17-11-12-5-4-10-20-12/h2-3,6-7,12,16H,4-5,8-11H2,1H3,(H,17,18). The maximum atomic E-state index is 11.7. The van der Waals surface area contributed by atoms with Crippen LogP contribution < -0.4 is 15.4 Å². The summed E-state index contributed by atoms with van der Waals surface area (Å²) in [5.74, 6) is 0.829. The summed E-state index contributed by atoms with van der Waals surface area (Å²) in [6.45, 7) is 2.01. The van der Waals surface area contributed by atoms with Crippen molar-refractivity contribution in [1.29, 1.82) is 0 Å². The molecular weight excluding hydrogens is 256 g/mol. The first-order valence-electron chi connectivity index (χ1n) is 7.05. The highest BCUT2D eigenvalue weighted by Crippen LogP contribution is 2.22. The number of nitrogens with one attached hydrogen (secondary N) is 2. The normalized spacial score (nSPS) is 17.8. The van der Waals surface area contributed by atoms with Crippen LogP contribution >= 0.6 is 0 Å². The minimum Gasteiger partial charge on any atom is -0.495 e. The molecule has 5 nitrogen and oxygen atoms in total. The van der Waals surface area contributed by atoms with Crippen LogP contribution in [0.5, 0.6) is 5.75 Å². The van der Waals surface area contributed by atoms with Gasteiger partial charge in [-0.1, -0.05) is 12.1 Å². The first-order valence-corrected chi connectivity index (χ1v) is 7.05. The van der Waals surface area contributed by atoms with Crippen molar-refractivity contribution in [3.63, 3.8) is 0 Å². The Morgan fingerprint density at radius 1 is 1.45 bits per heavy atom. The first kappa shape index (κ1) is 14.7. The lowest BCUT2D eigenvalue weighted by molar-refractivity contribution is -0.121. The van der Waals surface area contributed by atoms with E-state index in [2.05, 4.69) is 10.6 Å². The minimum absolute atomic E-state index is 0.0443. The molecule has 2 N–H and O–H groups in total. The predicted molar refractivity (Wildman–Crippen MR) is 78.1 cm³/mol. The van der Waals surface area contributed by atoms with E-state index in [0.29, 0.717) is 19.5 Å². The molecule has 0 spiro atoms. The van der Waals surface area contributed by atoms with Crippen molar-refractivity contribution in [2.75, 3.05) is 32.1 Å². The van der Waals surface area contributed by atoms with E-state index < -0.39 is 0 Å². The minimum atomic E-state index is 0.0443. The van der Waals surface area contributed by atoms with Gasteiger partial charge >= 0.3 is 0 Å². The van der Waals surface area contributed by atoms with Crippen LogP contribution in [-0.4, -0.2) is 38.8 Å². The van der Waals surface area contributed by atoms with Gasteiger partial charge in [-0.3, -0.25) is 4.79 Å². The Morgan fingerprint density at radius 3 is 3.05 bits per heavy atom. The summed E-state index contributed by atoms with van der Waals surface area (Å²) >= 11 is 0. The Balaban J connectivity index is 1.65. The molecule has 0 aliphatic carbocycles. The van der Waals surface area contributed by atoms with Gasteiger partial charge in [0, 0.05) is 26.1 Å². The zero-order valence-corrected chi connectivity index (χ0v) is 11.9. The summed E-state index contributed by atoms with van der Waals surface area (Å²) in [5, 5.41) is 6.11. The molecule has 1 aromatic carbocycles. The molecule has 1 unspecified atom stereocenters. The zero-order valence-electron chi connectivity index (χ0n) is 11.9. The van der Waals surface area contributed by atoms with Crippen LogP contribution in [0.25, 0.3) is 0 Å². The highest BCUT2D eigenvalue weighted by atomic mass is 16.5. The Morgan fingerprint density at radius 2 is 2.30 bits per heavy atom. The summed E-state index contributed by atoms with van der Waals surface area (Å²) in [6, 6.07) is 7.67. The molecule has 1 fully saturated rings. The van der Waals surface area contributed by atoms with Crippen LogP contribution in [0.1, 0.15) is 19.3 Å². The number of ether oxygens (including phenoxy) is 2. The van der Waals surface area contributed by atoms with E-state index in [1.807, 2.05) is 24.3 Å². The molecule has 0 aromatic heterocycles. The molecule has 1 amide bonds. The van der Waals surface area contributed by atoms with Gasteiger partial charge in [-0.25, -0.2) is 0 Å². The number of benzene rings is 1. The lowest BCUT2D eigenvalue weighted by Gasteiger charge is -2.12. The van der Waals surface area contributed by atoms with Gasteiger partial charge in [0.05, 0.1) is 18.9 Å². The Bertz CT molecular complexity index is 431. The second-order valence-electron chi connectivity index (χ2n) is 4.82. The Labute approximate surface area is 119 Å². The van der Waals surface area contributed by atoms with Gasteiger partial charge in [-0.2, -0.15) is 0 Å². The molecule has 0 bridgehead atoms. The average Bonchev–Trinajstić information content (AvgIpc) is 2.99. The number of amides is 1. The molecule has 1 heterocycles. The lowest BCUT2D eigenvalue weighted by Crippen LogP contribution is -2.32. The third-order valence-corrected chi connectivity index (χ3v) is 3.33. The maximum Gasteiger partial charge on any atom is 0.221 e. The van der Waals surface area contributed by atoms with Crippen molar-refractivity contribution < 1.29 is 14.3 Å². The highest BCUT2D eigenvalue weighted by molar-refractivity contribution is 5.76. The SMILES string of the molecule is COc1ccccc1NCCC(=O)NCC1CCCO1. The van der Waals surface area contributed by atoms with E-state index in [1.54, 1.807) is 7.11 Å². The molecule has 1 saturated heterocycles. The van der Waals surface area contributed by atoms with Crippen molar-refractivity contribution in [3.05, 3.63) is 24.3 Å². The third kappa shape index (κ3) is 4.42. The summed E-state index contributed by atoms with van der Waals surface area (Å²) in [7, 11) is 1.63. The number of carbonyl (C=O) groups excluding carboxylic acids is 1. The second-order valence-corrected chi connectivity index (χ2v) is 4.82. The summed E-state index contributed by atoms with van der Waals surface area (Å²) in [5.41, 5.74) is 0.905. The summed E-state index contributed by atoms with van der Waals surface area (Å²) in [6.07, 6.45) is 2.77. The number of methoxy groups -OCH3 is 1. The quantitative estimate of drug-likeness (QED) is 0.798. The van der Waals surface area contributed by atoms with Crippen LogP contribution in [0.3, 0.4) is 0 Å². The monoisotopic (exact) mass is 278 g/mol. The van der Waals surface area contributed by atoms with E-state index in [0.717, 1.165) is 30.9 Å². The average molecular weight is 278 g/mol. The fourth-order valence-corrected chi connectivity index (χ4v) is 2.22. The Kier molecular flexibility index (Phi) is 5.68. The number of hydrogen-bond donors (Lipinski definition) is 2. The van der Waals surface area contributed by atoms with E-state index in [-0.39, 0.29) is 12.0 Å². The van der Waals surface area contributed by atoms with Gasteiger partial charge in [-0.15, -0.1) is 0 Å². The molecule has 2 rings (SSSR count). The van der Waals surface area contributed by atoms with Crippen LogP contribution in [0.4, 0.5) is 5.69 Å². The molecule has 0 radical (unpaired) electrons. The molecule has 1 aromatic rings. The van der Waals surface area contributed by atoms with Gasteiger partial charge in [-0.05, 0) is 25.0 Å². The third-order valence-electron chi connectivity index (χ3n) is 3.33. The molecule has 1 aliphatic heterocycles. The zero-order chi connectivity index (χ0) is 14.2. The van der Waals surface area contributed by atoms with E-state index in [1.165, 1.54) is 0 Å². The van der Waals surface area contributed by atoms with Gasteiger partial charge in [0.25, 0.3) is 0 Å². The Hall–Kier alpha value is -1.75. The smallest absolute Gasteiger partial charge is 0.221 e. The van der Waals surface area contributed by atoms with Crippen molar-refractivity contribution >= 4 is 11.6 Å². The molecule has 1 aliphatic rings. The van der Waals surface area contributed by atoms with Gasteiger partial charge in [0.1, 0.15) is 5.75 Å². The molecule has 1 atom stereocenters. The van der Waals surface area contributed by atoms with E-state index >= 15 is 0 Å². The van der Waals surface area contributed by atoms with Gasteiger partial charge in [0.2, 0.25) is 5.91 Å². The number of anilines is 1. The van der Waals surface area contributed by atoms with Crippen LogP contribution in [0, 0.1) is 0 Å². The number of para-hydroxylation sites is 2. The molecule has 5 heteroatoms. The second kappa shape index (κ2) is 7.75. The van der Waals surface area contributed by atoms with Crippen LogP contribution in [-0.2, 0) is 9.53 Å². The van der Waals surface area contributed by atoms with E-state index in [9.17, 15) is 4.79 Å². The molecule has 20 heavy (non-hydrogen) atoms. The largest absolute Gasteiger partial charge is 0.495 e. The fourth-order valence-electron chi connectivity index (χ4n) is 2.22. The maximum absolute atomic E-state index is 11.7. The topological polar surface area (TPSA) is 59.6 Å². The van der Waals surface area contributed by atoms with Crippen molar-refractivity contribution in [2.24, 2.45) is 0 Å². The van der Waals surface area contributed by atoms with Crippen LogP contribution in [0.2, 0.25) is 0 Å². The lowest BCUT2D eigenvalue weighted by atomic mass is 10.2. The van der Waals surface area contributed by atoms with Gasteiger partial charge in [0.15, 0.2) is 0 Å². The molecule has 110 valence electrons. The van der Waals surface area contributed by atoms with Crippen molar-refractivity contribution in [1.82, 2.24) is 5.32 Å². The van der Waals surface area contributed by atoms with Crippen molar-refractivity contribution in [3.8, 4) is 5.75 Å². The fraction of sp³-hybridized carbons (Fsp3) is 0.533. The first-order chi connectivity index (χ1) is 9.79. The number of rotatable bonds is 7. The summed E-state index contributed by atoms with van der Waals surface area (Å²) in [4.78, 5) is 11.7. The summed E-state index contributed by atoms with van der Waals surface area (Å²) < 4.78 is 10.7. The van der Waals surface area contributed by atoms with Crippen molar-refractivity contribution in [2.45, 2.75) is 25.4 Å². The predicted octanol–water partition coefficient (Wildman–Crippen LogP) is 1.79. The number of carbonyl (C=O) groups is 1. The van der Waals surface area contributed by atoms with E-state index in [4.69, 9.17) is 9.47 Å². The van der Waals surface area contributed by atoms with Crippen LogP contribution in [0.15, 0.2) is 24.3 Å².